The molecule has 0 saturated heterocycles. The molecule has 0 unspecified atom stereocenters. The Morgan fingerprint density at radius 1 is 1.28 bits per heavy atom. The fraction of sp³-hybridized carbons (Fsp3) is 0.143. The summed E-state index contributed by atoms with van der Waals surface area (Å²) >= 11 is 1.69. The van der Waals surface area contributed by atoms with Crippen LogP contribution in [0.5, 0.6) is 0 Å². The van der Waals surface area contributed by atoms with Crippen LogP contribution in [0.1, 0.15) is 11.4 Å². The van der Waals surface area contributed by atoms with Crippen molar-refractivity contribution in [2.24, 2.45) is 0 Å². The van der Waals surface area contributed by atoms with Crippen LogP contribution < -0.4 is 0 Å². The minimum Gasteiger partial charge on any atom is -0.323 e. The van der Waals surface area contributed by atoms with Gasteiger partial charge in [0.1, 0.15) is 5.82 Å². The highest BCUT2D eigenvalue weighted by atomic mass is 32.1. The minimum absolute atomic E-state index is 0.346. The molecule has 0 aliphatic carbocycles. The van der Waals surface area contributed by atoms with E-state index in [-0.39, 0.29) is 0 Å². The monoisotopic (exact) mass is 253 g/mol. The van der Waals surface area contributed by atoms with E-state index in [4.69, 9.17) is 5.26 Å². The lowest BCUT2D eigenvalue weighted by atomic mass is 10.3. The lowest BCUT2D eigenvalue weighted by molar-refractivity contribution is 0.772. The molecule has 0 aliphatic heterocycles. The third kappa shape index (κ3) is 1.89. The van der Waals surface area contributed by atoms with Crippen molar-refractivity contribution in [3.05, 3.63) is 52.5 Å². The van der Waals surface area contributed by atoms with E-state index in [1.807, 2.05) is 18.2 Å². The first-order chi connectivity index (χ1) is 8.88. The van der Waals surface area contributed by atoms with Gasteiger partial charge in [0.2, 0.25) is 0 Å². The smallest absolute Gasteiger partial charge is 0.124 e. The Hall–Kier alpha value is -2.12. The van der Waals surface area contributed by atoms with Crippen LogP contribution in [0.15, 0.2) is 41.1 Å². The molecule has 0 fully saturated rings. The normalized spacial score (nSPS) is 10.6. The Kier molecular flexibility index (Phi) is 2.83. The van der Waals surface area contributed by atoms with E-state index in [0.717, 1.165) is 23.4 Å². The summed E-state index contributed by atoms with van der Waals surface area (Å²) in [4.78, 5) is 4.53. The highest BCUT2D eigenvalue weighted by molar-refractivity contribution is 7.07. The SMILES string of the molecule is N#CCc1nc2ccccc2n1Cc1ccsc1. The van der Waals surface area contributed by atoms with Gasteiger partial charge in [0.05, 0.1) is 30.1 Å². The van der Waals surface area contributed by atoms with Crippen LogP contribution in [-0.2, 0) is 13.0 Å². The van der Waals surface area contributed by atoms with Crippen LogP contribution >= 0.6 is 11.3 Å². The molecule has 3 nitrogen and oxygen atoms in total. The van der Waals surface area contributed by atoms with Gasteiger partial charge in [0.25, 0.3) is 0 Å². The van der Waals surface area contributed by atoms with E-state index in [0.29, 0.717) is 6.42 Å². The molecule has 3 rings (SSSR count). The van der Waals surface area contributed by atoms with E-state index < -0.39 is 0 Å². The largest absolute Gasteiger partial charge is 0.323 e. The molecule has 0 amide bonds. The molecule has 0 spiro atoms. The lowest BCUT2D eigenvalue weighted by Crippen LogP contribution is -2.03. The first-order valence-corrected chi connectivity index (χ1v) is 6.65. The fourth-order valence-electron chi connectivity index (χ4n) is 2.07. The number of hydrogen-bond donors (Lipinski definition) is 0. The van der Waals surface area contributed by atoms with Crippen molar-refractivity contribution in [3.8, 4) is 6.07 Å². The second-order valence-electron chi connectivity index (χ2n) is 4.07. The Bertz CT molecular complexity index is 704. The van der Waals surface area contributed by atoms with Crippen molar-refractivity contribution in [2.45, 2.75) is 13.0 Å². The molecular formula is C14H11N3S. The molecule has 88 valence electrons. The zero-order chi connectivity index (χ0) is 12.4. The minimum atomic E-state index is 0.346. The van der Waals surface area contributed by atoms with Crippen molar-refractivity contribution in [3.63, 3.8) is 0 Å². The number of fused-ring (bicyclic) bond motifs is 1. The standard InChI is InChI=1S/C14H11N3S/c15-7-5-14-16-12-3-1-2-4-13(12)17(14)9-11-6-8-18-10-11/h1-4,6,8,10H,5,9H2. The zero-order valence-corrected chi connectivity index (χ0v) is 10.5. The van der Waals surface area contributed by atoms with Crippen LogP contribution in [0.25, 0.3) is 11.0 Å². The average molecular weight is 253 g/mol. The van der Waals surface area contributed by atoms with Gasteiger partial charge in [-0.25, -0.2) is 4.98 Å². The molecule has 0 atom stereocenters. The third-order valence-electron chi connectivity index (χ3n) is 2.89. The summed E-state index contributed by atoms with van der Waals surface area (Å²) in [5, 5.41) is 13.1. The van der Waals surface area contributed by atoms with E-state index in [1.54, 1.807) is 11.3 Å². The number of hydrogen-bond acceptors (Lipinski definition) is 3. The molecule has 4 heteroatoms. The van der Waals surface area contributed by atoms with Gasteiger partial charge in [-0.15, -0.1) is 0 Å². The molecule has 0 N–H and O–H groups in total. The van der Waals surface area contributed by atoms with Gasteiger partial charge in [-0.1, -0.05) is 12.1 Å². The Morgan fingerprint density at radius 3 is 2.94 bits per heavy atom. The molecule has 18 heavy (non-hydrogen) atoms. The summed E-state index contributed by atoms with van der Waals surface area (Å²) in [5.74, 6) is 0.838. The number of para-hydroxylation sites is 2. The summed E-state index contributed by atoms with van der Waals surface area (Å²) in [6.07, 6.45) is 0.346. The Labute approximate surface area is 109 Å². The van der Waals surface area contributed by atoms with Crippen LogP contribution in [0.4, 0.5) is 0 Å². The predicted octanol–water partition coefficient (Wildman–Crippen LogP) is 3.21. The van der Waals surface area contributed by atoms with Gasteiger partial charge < -0.3 is 4.57 Å². The van der Waals surface area contributed by atoms with Crippen molar-refractivity contribution >= 4 is 22.4 Å². The molecular weight excluding hydrogens is 242 g/mol. The molecule has 0 radical (unpaired) electrons. The maximum atomic E-state index is 8.89. The van der Waals surface area contributed by atoms with Gasteiger partial charge in [0, 0.05) is 0 Å². The van der Waals surface area contributed by atoms with Gasteiger partial charge in [-0.05, 0) is 34.5 Å². The molecule has 0 aliphatic rings. The first-order valence-electron chi connectivity index (χ1n) is 5.70. The number of rotatable bonds is 3. The quantitative estimate of drug-likeness (QED) is 0.719. The molecule has 2 aromatic heterocycles. The Morgan fingerprint density at radius 2 is 2.17 bits per heavy atom. The number of nitriles is 1. The van der Waals surface area contributed by atoms with E-state index >= 15 is 0 Å². The topological polar surface area (TPSA) is 41.6 Å². The average Bonchev–Trinajstić information content (AvgIpc) is 3.00. The Balaban J connectivity index is 2.12. The van der Waals surface area contributed by atoms with Gasteiger partial charge in [-0.3, -0.25) is 0 Å². The van der Waals surface area contributed by atoms with E-state index in [9.17, 15) is 0 Å². The molecule has 0 saturated carbocycles. The maximum Gasteiger partial charge on any atom is 0.124 e. The lowest BCUT2D eigenvalue weighted by Gasteiger charge is -2.05. The predicted molar refractivity (Wildman–Crippen MR) is 72.5 cm³/mol. The summed E-state index contributed by atoms with van der Waals surface area (Å²) < 4.78 is 2.13. The summed E-state index contributed by atoms with van der Waals surface area (Å²) in [5.41, 5.74) is 3.30. The summed E-state index contributed by atoms with van der Waals surface area (Å²) in [7, 11) is 0. The highest BCUT2D eigenvalue weighted by Crippen LogP contribution is 2.19. The van der Waals surface area contributed by atoms with Crippen molar-refractivity contribution in [1.29, 1.82) is 5.26 Å². The second-order valence-corrected chi connectivity index (χ2v) is 4.85. The zero-order valence-electron chi connectivity index (χ0n) is 9.71. The van der Waals surface area contributed by atoms with Gasteiger partial charge in [0.15, 0.2) is 0 Å². The van der Waals surface area contributed by atoms with Gasteiger partial charge >= 0.3 is 0 Å². The van der Waals surface area contributed by atoms with E-state index in [1.165, 1.54) is 5.56 Å². The number of aromatic nitrogens is 2. The highest BCUT2D eigenvalue weighted by Gasteiger charge is 2.10. The summed E-state index contributed by atoms with van der Waals surface area (Å²) in [6, 6.07) is 12.3. The van der Waals surface area contributed by atoms with Crippen LogP contribution in [0, 0.1) is 11.3 Å². The summed E-state index contributed by atoms with van der Waals surface area (Å²) in [6.45, 7) is 0.779. The number of thiophene rings is 1. The van der Waals surface area contributed by atoms with Gasteiger partial charge in [-0.2, -0.15) is 16.6 Å². The number of benzene rings is 1. The fourth-order valence-corrected chi connectivity index (χ4v) is 2.73. The molecule has 2 heterocycles. The van der Waals surface area contributed by atoms with Crippen molar-refractivity contribution in [2.75, 3.05) is 0 Å². The molecule has 0 bridgehead atoms. The second kappa shape index (κ2) is 4.63. The maximum absolute atomic E-state index is 8.89. The third-order valence-corrected chi connectivity index (χ3v) is 3.62. The molecule has 3 aromatic rings. The molecule has 1 aromatic carbocycles. The first kappa shape index (κ1) is 11.0. The van der Waals surface area contributed by atoms with Crippen LogP contribution in [-0.4, -0.2) is 9.55 Å². The van der Waals surface area contributed by atoms with Crippen molar-refractivity contribution in [1.82, 2.24) is 9.55 Å². The van der Waals surface area contributed by atoms with E-state index in [2.05, 4.69) is 38.5 Å². The van der Waals surface area contributed by atoms with Crippen LogP contribution in [0.3, 0.4) is 0 Å². The number of imidazole rings is 1. The van der Waals surface area contributed by atoms with Crippen molar-refractivity contribution < 1.29 is 0 Å². The van der Waals surface area contributed by atoms with Crippen LogP contribution in [0.2, 0.25) is 0 Å². The number of nitrogens with zero attached hydrogens (tertiary/aromatic N) is 3.